The Hall–Kier alpha value is -0.530. The number of hydrogen-bond acceptors (Lipinski definition) is 1. The predicted octanol–water partition coefficient (Wildman–Crippen LogP) is 5.13. The van der Waals surface area contributed by atoms with Crippen LogP contribution in [0.4, 0.5) is 0 Å². The Morgan fingerprint density at radius 2 is 1.85 bits per heavy atom. The van der Waals surface area contributed by atoms with Crippen molar-refractivity contribution in [3.8, 4) is 0 Å². The van der Waals surface area contributed by atoms with Gasteiger partial charge in [-0.05, 0) is 66.7 Å². The normalized spacial score (nSPS) is 32.1. The first kappa shape index (κ1) is 14.4. The molecule has 3 rings (SSSR count). The first-order valence-corrected chi connectivity index (χ1v) is 8.38. The van der Waals surface area contributed by atoms with Crippen molar-refractivity contribution in [2.75, 3.05) is 0 Å². The second-order valence-electron chi connectivity index (χ2n) is 7.56. The van der Waals surface area contributed by atoms with Gasteiger partial charge in [0.2, 0.25) is 0 Å². The van der Waals surface area contributed by atoms with Crippen molar-refractivity contribution in [1.29, 1.82) is 0 Å². The molecule has 1 atom stereocenters. The fourth-order valence-corrected chi connectivity index (χ4v) is 4.17. The maximum Gasteiger partial charge on any atom is 0.0409 e. The molecule has 110 valence electrons. The molecule has 2 aliphatic carbocycles. The summed E-state index contributed by atoms with van der Waals surface area (Å²) in [6.07, 6.45) is 6.54. The number of benzene rings is 1. The first-order chi connectivity index (χ1) is 9.45. The van der Waals surface area contributed by atoms with E-state index in [9.17, 15) is 0 Å². The summed E-state index contributed by atoms with van der Waals surface area (Å²) in [4.78, 5) is 0. The zero-order chi connectivity index (χ0) is 14.3. The summed E-state index contributed by atoms with van der Waals surface area (Å²) in [5, 5.41) is 4.82. The largest absolute Gasteiger partial charge is 0.307 e. The highest BCUT2D eigenvalue weighted by Gasteiger charge is 2.40. The minimum atomic E-state index is 0.288. The Morgan fingerprint density at radius 3 is 2.55 bits per heavy atom. The van der Waals surface area contributed by atoms with Gasteiger partial charge < -0.3 is 5.32 Å². The van der Waals surface area contributed by atoms with Gasteiger partial charge in [-0.15, -0.1) is 0 Å². The fraction of sp³-hybridized carbons (Fsp3) is 0.667. The lowest BCUT2D eigenvalue weighted by molar-refractivity contribution is 0.212. The van der Waals surface area contributed by atoms with Crippen LogP contribution in [0, 0.1) is 11.3 Å². The van der Waals surface area contributed by atoms with Crippen molar-refractivity contribution >= 4 is 11.6 Å². The number of rotatable bonds is 2. The van der Waals surface area contributed by atoms with Gasteiger partial charge in [0.1, 0.15) is 0 Å². The summed E-state index contributed by atoms with van der Waals surface area (Å²) in [7, 11) is 0. The van der Waals surface area contributed by atoms with E-state index in [4.69, 9.17) is 11.6 Å². The fourth-order valence-electron chi connectivity index (χ4n) is 3.99. The van der Waals surface area contributed by atoms with E-state index in [0.717, 1.165) is 17.4 Å². The van der Waals surface area contributed by atoms with Crippen molar-refractivity contribution in [2.24, 2.45) is 11.3 Å². The van der Waals surface area contributed by atoms with E-state index < -0.39 is 0 Å². The third kappa shape index (κ3) is 2.76. The van der Waals surface area contributed by atoms with Crippen LogP contribution in [0.5, 0.6) is 0 Å². The molecule has 1 unspecified atom stereocenters. The van der Waals surface area contributed by atoms with Crippen LogP contribution in [0.15, 0.2) is 18.2 Å². The second kappa shape index (κ2) is 5.35. The molecule has 0 amide bonds. The molecule has 0 radical (unpaired) electrons. The molecule has 0 heterocycles. The summed E-state index contributed by atoms with van der Waals surface area (Å²) >= 11 is 6.22. The summed E-state index contributed by atoms with van der Waals surface area (Å²) in [5.41, 5.74) is 3.19. The zero-order valence-corrected chi connectivity index (χ0v) is 13.6. The van der Waals surface area contributed by atoms with Crippen LogP contribution >= 0.6 is 11.6 Å². The molecule has 0 saturated heterocycles. The van der Waals surface area contributed by atoms with E-state index in [1.54, 1.807) is 0 Å². The SMILES string of the molecule is CC1CCC(NC2c3cc(Cl)ccc3CC2(C)C)CC1. The Labute approximate surface area is 128 Å². The highest BCUT2D eigenvalue weighted by atomic mass is 35.5. The number of nitrogens with one attached hydrogen (secondary N) is 1. The van der Waals surface area contributed by atoms with Gasteiger partial charge >= 0.3 is 0 Å². The van der Waals surface area contributed by atoms with E-state index in [0.29, 0.717) is 12.1 Å². The number of halogens is 1. The van der Waals surface area contributed by atoms with Crippen LogP contribution in [-0.4, -0.2) is 6.04 Å². The van der Waals surface area contributed by atoms with Crippen LogP contribution in [0.1, 0.15) is 63.6 Å². The Kier molecular flexibility index (Phi) is 3.85. The molecule has 1 aromatic rings. The molecule has 2 heteroatoms. The third-order valence-electron chi connectivity index (χ3n) is 5.26. The van der Waals surface area contributed by atoms with Crippen molar-refractivity contribution in [2.45, 2.75) is 65.0 Å². The van der Waals surface area contributed by atoms with Gasteiger partial charge in [-0.2, -0.15) is 0 Å². The van der Waals surface area contributed by atoms with Gasteiger partial charge in [0.15, 0.2) is 0 Å². The Morgan fingerprint density at radius 1 is 1.15 bits per heavy atom. The average Bonchev–Trinajstić information content (AvgIpc) is 2.63. The molecule has 1 saturated carbocycles. The zero-order valence-electron chi connectivity index (χ0n) is 12.9. The maximum atomic E-state index is 6.22. The standard InChI is InChI=1S/C18H26ClN/c1-12-4-8-15(9-5-12)20-17-16-10-14(19)7-6-13(16)11-18(17,2)3/h6-7,10,12,15,17,20H,4-5,8-9,11H2,1-3H3. The predicted molar refractivity (Wildman–Crippen MR) is 86.2 cm³/mol. The molecule has 1 N–H and O–H groups in total. The summed E-state index contributed by atoms with van der Waals surface area (Å²) < 4.78 is 0. The van der Waals surface area contributed by atoms with Crippen LogP contribution in [0.2, 0.25) is 5.02 Å². The van der Waals surface area contributed by atoms with E-state index >= 15 is 0 Å². The van der Waals surface area contributed by atoms with Gasteiger partial charge in [-0.1, -0.05) is 38.4 Å². The maximum absolute atomic E-state index is 6.22. The molecule has 0 aliphatic heterocycles. The Bertz CT molecular complexity index is 486. The molecule has 0 spiro atoms. The lowest BCUT2D eigenvalue weighted by Crippen LogP contribution is -2.40. The highest BCUT2D eigenvalue weighted by Crippen LogP contribution is 2.46. The first-order valence-electron chi connectivity index (χ1n) is 8.00. The molecule has 20 heavy (non-hydrogen) atoms. The smallest absolute Gasteiger partial charge is 0.0409 e. The molecular weight excluding hydrogens is 266 g/mol. The van der Waals surface area contributed by atoms with Gasteiger partial charge in [-0.25, -0.2) is 0 Å². The topological polar surface area (TPSA) is 12.0 Å². The monoisotopic (exact) mass is 291 g/mol. The minimum absolute atomic E-state index is 0.288. The van der Waals surface area contributed by atoms with E-state index in [-0.39, 0.29) is 5.41 Å². The van der Waals surface area contributed by atoms with Crippen molar-refractivity contribution < 1.29 is 0 Å². The van der Waals surface area contributed by atoms with Gasteiger partial charge in [0.05, 0.1) is 0 Å². The summed E-state index contributed by atoms with van der Waals surface area (Å²) in [6, 6.07) is 7.55. The van der Waals surface area contributed by atoms with E-state index in [2.05, 4.69) is 38.2 Å². The summed E-state index contributed by atoms with van der Waals surface area (Å²) in [5.74, 6) is 0.909. The van der Waals surface area contributed by atoms with Crippen LogP contribution in [0.3, 0.4) is 0 Å². The van der Waals surface area contributed by atoms with Crippen molar-refractivity contribution in [3.05, 3.63) is 34.3 Å². The molecule has 2 aliphatic rings. The quantitative estimate of drug-likeness (QED) is 0.796. The molecular formula is C18H26ClN. The summed E-state index contributed by atoms with van der Waals surface area (Å²) in [6.45, 7) is 7.14. The average molecular weight is 292 g/mol. The number of fused-ring (bicyclic) bond motifs is 1. The van der Waals surface area contributed by atoms with Crippen LogP contribution in [-0.2, 0) is 6.42 Å². The Balaban J connectivity index is 1.79. The van der Waals surface area contributed by atoms with Gasteiger partial charge in [0, 0.05) is 17.1 Å². The lowest BCUT2D eigenvalue weighted by atomic mass is 9.82. The van der Waals surface area contributed by atoms with E-state index in [1.165, 1.54) is 36.8 Å². The van der Waals surface area contributed by atoms with Crippen LogP contribution < -0.4 is 5.32 Å². The van der Waals surface area contributed by atoms with Gasteiger partial charge in [0.25, 0.3) is 0 Å². The molecule has 1 aromatic carbocycles. The third-order valence-corrected chi connectivity index (χ3v) is 5.50. The second-order valence-corrected chi connectivity index (χ2v) is 8.00. The molecule has 0 bridgehead atoms. The van der Waals surface area contributed by atoms with Gasteiger partial charge in [-0.3, -0.25) is 0 Å². The van der Waals surface area contributed by atoms with E-state index in [1.807, 2.05) is 6.07 Å². The molecule has 1 nitrogen and oxygen atoms in total. The minimum Gasteiger partial charge on any atom is -0.307 e. The molecule has 1 fully saturated rings. The lowest BCUT2D eigenvalue weighted by Gasteiger charge is -2.35. The molecule has 0 aromatic heterocycles. The highest BCUT2D eigenvalue weighted by molar-refractivity contribution is 6.30. The number of hydrogen-bond donors (Lipinski definition) is 1. The van der Waals surface area contributed by atoms with Crippen LogP contribution in [0.25, 0.3) is 0 Å². The van der Waals surface area contributed by atoms with Crippen molar-refractivity contribution in [3.63, 3.8) is 0 Å². The van der Waals surface area contributed by atoms with Crippen molar-refractivity contribution in [1.82, 2.24) is 5.32 Å².